The Bertz CT molecular complexity index is 875. The second-order valence-corrected chi connectivity index (χ2v) is 9.49. The first-order chi connectivity index (χ1) is 14.3. The van der Waals surface area contributed by atoms with Gasteiger partial charge in [0, 0.05) is 38.5 Å². The van der Waals surface area contributed by atoms with Crippen molar-refractivity contribution < 1.29 is 27.5 Å². The number of carbonyl (C=O) groups excluding carboxylic acids is 2. The molecule has 0 saturated carbocycles. The van der Waals surface area contributed by atoms with E-state index in [9.17, 15) is 18.0 Å². The standard InChI is InChI=1S/C20H29N3O6S/c1-28-18-4-3-17(30(26,27)23-10-12-29-13-11-23)14-16(18)2-5-19(24)22-8-6-15(7-9-22)20(21)25/h3-4,14-15H,2,5-13H2,1H3,(H2,21,25). The van der Waals surface area contributed by atoms with Gasteiger partial charge < -0.3 is 20.1 Å². The number of primary amides is 1. The lowest BCUT2D eigenvalue weighted by Crippen LogP contribution is -2.41. The van der Waals surface area contributed by atoms with Gasteiger partial charge in [0.05, 0.1) is 25.2 Å². The van der Waals surface area contributed by atoms with Gasteiger partial charge in [-0.2, -0.15) is 4.31 Å². The van der Waals surface area contributed by atoms with E-state index in [1.165, 1.54) is 17.5 Å². The Morgan fingerprint density at radius 3 is 2.43 bits per heavy atom. The van der Waals surface area contributed by atoms with Crippen LogP contribution in [0.2, 0.25) is 0 Å². The van der Waals surface area contributed by atoms with Crippen molar-refractivity contribution in [2.75, 3.05) is 46.5 Å². The molecule has 2 aliphatic rings. The normalized spacial score (nSPS) is 18.9. The first-order valence-corrected chi connectivity index (χ1v) is 11.6. The summed E-state index contributed by atoms with van der Waals surface area (Å²) in [5.74, 6) is 0.0407. The number of morpholine rings is 1. The van der Waals surface area contributed by atoms with Gasteiger partial charge in [-0.25, -0.2) is 8.42 Å². The Hall–Kier alpha value is -2.17. The number of rotatable bonds is 7. The average molecular weight is 440 g/mol. The van der Waals surface area contributed by atoms with Crippen LogP contribution in [-0.2, 0) is 30.8 Å². The molecule has 30 heavy (non-hydrogen) atoms. The largest absolute Gasteiger partial charge is 0.496 e. The van der Waals surface area contributed by atoms with Crippen molar-refractivity contribution in [1.29, 1.82) is 0 Å². The Morgan fingerprint density at radius 1 is 1.17 bits per heavy atom. The number of likely N-dealkylation sites (tertiary alicyclic amines) is 1. The van der Waals surface area contributed by atoms with E-state index in [2.05, 4.69) is 0 Å². The zero-order valence-corrected chi connectivity index (χ0v) is 18.0. The van der Waals surface area contributed by atoms with Gasteiger partial charge in [-0.1, -0.05) is 0 Å². The molecule has 0 aromatic heterocycles. The lowest BCUT2D eigenvalue weighted by molar-refractivity contribution is -0.134. The number of hydrogen-bond acceptors (Lipinski definition) is 6. The third kappa shape index (κ3) is 5.11. The van der Waals surface area contributed by atoms with Crippen molar-refractivity contribution in [2.24, 2.45) is 11.7 Å². The summed E-state index contributed by atoms with van der Waals surface area (Å²) in [6, 6.07) is 4.76. The maximum Gasteiger partial charge on any atom is 0.243 e. The number of sulfonamides is 1. The van der Waals surface area contributed by atoms with Crippen LogP contribution in [-0.4, -0.2) is 75.9 Å². The Balaban J connectivity index is 1.67. The minimum Gasteiger partial charge on any atom is -0.496 e. The number of benzene rings is 1. The Kier molecular flexibility index (Phi) is 7.32. The molecule has 0 spiro atoms. The van der Waals surface area contributed by atoms with Crippen molar-refractivity contribution in [1.82, 2.24) is 9.21 Å². The van der Waals surface area contributed by atoms with Gasteiger partial charge in [-0.05, 0) is 43.0 Å². The monoisotopic (exact) mass is 439 g/mol. The van der Waals surface area contributed by atoms with E-state index in [1.807, 2.05) is 0 Å². The summed E-state index contributed by atoms with van der Waals surface area (Å²) < 4.78 is 37.9. The molecule has 166 valence electrons. The number of carbonyl (C=O) groups is 2. The Morgan fingerprint density at radius 2 is 1.83 bits per heavy atom. The van der Waals surface area contributed by atoms with Crippen LogP contribution in [0.25, 0.3) is 0 Å². The molecule has 2 N–H and O–H groups in total. The third-order valence-electron chi connectivity index (χ3n) is 5.72. The van der Waals surface area contributed by atoms with Gasteiger partial charge in [0.15, 0.2) is 0 Å². The number of ether oxygens (including phenoxy) is 2. The van der Waals surface area contributed by atoms with Gasteiger partial charge in [-0.15, -0.1) is 0 Å². The van der Waals surface area contributed by atoms with Crippen LogP contribution in [0, 0.1) is 5.92 Å². The molecule has 2 aliphatic heterocycles. The van der Waals surface area contributed by atoms with Gasteiger partial charge >= 0.3 is 0 Å². The Labute approximate surface area is 177 Å². The maximum absolute atomic E-state index is 12.9. The van der Waals surface area contributed by atoms with Crippen molar-refractivity contribution in [2.45, 2.75) is 30.6 Å². The first kappa shape index (κ1) is 22.5. The quantitative estimate of drug-likeness (QED) is 0.656. The fraction of sp³-hybridized carbons (Fsp3) is 0.600. The molecule has 2 heterocycles. The van der Waals surface area contributed by atoms with E-state index in [1.54, 1.807) is 17.0 Å². The zero-order valence-electron chi connectivity index (χ0n) is 17.2. The lowest BCUT2D eigenvalue weighted by atomic mass is 9.96. The van der Waals surface area contributed by atoms with Crippen LogP contribution >= 0.6 is 0 Å². The summed E-state index contributed by atoms with van der Waals surface area (Å²) in [7, 11) is -2.10. The molecule has 0 radical (unpaired) electrons. The highest BCUT2D eigenvalue weighted by Crippen LogP contribution is 2.27. The minimum atomic E-state index is -3.62. The van der Waals surface area contributed by atoms with Crippen LogP contribution in [0.1, 0.15) is 24.8 Å². The summed E-state index contributed by atoms with van der Waals surface area (Å²) >= 11 is 0. The number of piperidine rings is 1. The molecule has 3 rings (SSSR count). The molecule has 2 fully saturated rings. The van der Waals surface area contributed by atoms with Crippen LogP contribution in [0.5, 0.6) is 5.75 Å². The molecule has 2 saturated heterocycles. The second-order valence-electron chi connectivity index (χ2n) is 7.55. The maximum atomic E-state index is 12.9. The van der Waals surface area contributed by atoms with E-state index in [4.69, 9.17) is 15.2 Å². The van der Waals surface area contributed by atoms with Crippen molar-refractivity contribution in [3.63, 3.8) is 0 Å². The summed E-state index contributed by atoms with van der Waals surface area (Å²) in [6.45, 7) is 2.42. The van der Waals surface area contributed by atoms with Crippen LogP contribution in [0.15, 0.2) is 23.1 Å². The number of amides is 2. The predicted octanol–water partition coefficient (Wildman–Crippen LogP) is 0.373. The summed E-state index contributed by atoms with van der Waals surface area (Å²) in [5.41, 5.74) is 6.02. The van der Waals surface area contributed by atoms with E-state index in [-0.39, 0.29) is 29.0 Å². The number of nitrogens with two attached hydrogens (primary N) is 1. The van der Waals surface area contributed by atoms with Crippen molar-refractivity contribution in [3.8, 4) is 5.75 Å². The summed E-state index contributed by atoms with van der Waals surface area (Å²) in [5, 5.41) is 0. The van der Waals surface area contributed by atoms with Gasteiger partial charge in [0.1, 0.15) is 5.75 Å². The SMILES string of the molecule is COc1ccc(S(=O)(=O)N2CCOCC2)cc1CCC(=O)N1CCC(C(N)=O)CC1. The number of methoxy groups -OCH3 is 1. The van der Waals surface area contributed by atoms with E-state index in [0.717, 1.165) is 0 Å². The molecule has 0 bridgehead atoms. The molecule has 0 aliphatic carbocycles. The van der Waals surface area contributed by atoms with Gasteiger partial charge in [-0.3, -0.25) is 9.59 Å². The van der Waals surface area contributed by atoms with Gasteiger partial charge in [0.25, 0.3) is 0 Å². The summed E-state index contributed by atoms with van der Waals surface area (Å²) in [6.07, 6.45) is 1.76. The predicted molar refractivity (Wildman–Crippen MR) is 109 cm³/mol. The molecular weight excluding hydrogens is 410 g/mol. The van der Waals surface area contributed by atoms with Gasteiger partial charge in [0.2, 0.25) is 21.8 Å². The molecule has 1 aromatic carbocycles. The van der Waals surface area contributed by atoms with Crippen molar-refractivity contribution in [3.05, 3.63) is 23.8 Å². The van der Waals surface area contributed by atoms with Crippen LogP contribution in [0.3, 0.4) is 0 Å². The molecule has 1 aromatic rings. The van der Waals surface area contributed by atoms with Crippen LogP contribution < -0.4 is 10.5 Å². The minimum absolute atomic E-state index is 0.0265. The number of aryl methyl sites for hydroxylation is 1. The molecule has 10 heteroatoms. The smallest absolute Gasteiger partial charge is 0.243 e. The second kappa shape index (κ2) is 9.76. The zero-order chi connectivity index (χ0) is 21.7. The lowest BCUT2D eigenvalue weighted by Gasteiger charge is -2.30. The molecule has 9 nitrogen and oxygen atoms in total. The highest BCUT2D eigenvalue weighted by atomic mass is 32.2. The number of hydrogen-bond donors (Lipinski definition) is 1. The highest BCUT2D eigenvalue weighted by Gasteiger charge is 2.28. The number of nitrogens with zero attached hydrogens (tertiary/aromatic N) is 2. The first-order valence-electron chi connectivity index (χ1n) is 10.1. The third-order valence-corrected chi connectivity index (χ3v) is 7.61. The molecule has 0 unspecified atom stereocenters. The highest BCUT2D eigenvalue weighted by molar-refractivity contribution is 7.89. The van der Waals surface area contributed by atoms with Crippen LogP contribution in [0.4, 0.5) is 0 Å². The van der Waals surface area contributed by atoms with Crippen molar-refractivity contribution >= 4 is 21.8 Å². The van der Waals surface area contributed by atoms with E-state index < -0.39 is 10.0 Å². The van der Waals surface area contributed by atoms with E-state index in [0.29, 0.717) is 70.0 Å². The molecule has 2 amide bonds. The fourth-order valence-corrected chi connectivity index (χ4v) is 5.32. The summed E-state index contributed by atoms with van der Waals surface area (Å²) in [4.78, 5) is 25.8. The fourth-order valence-electron chi connectivity index (χ4n) is 3.86. The topological polar surface area (TPSA) is 119 Å². The molecular formula is C20H29N3O6S. The average Bonchev–Trinajstić information content (AvgIpc) is 2.77. The molecule has 0 atom stereocenters. The van der Waals surface area contributed by atoms with E-state index >= 15 is 0 Å².